The normalized spacial score (nSPS) is 11.8. The second kappa shape index (κ2) is 15.9. The van der Waals surface area contributed by atoms with Crippen LogP contribution < -0.4 is 10.9 Å². The van der Waals surface area contributed by atoms with Crippen LogP contribution >= 0.6 is 0 Å². The standard InChI is InChI=1S/2C14H10F3N3O.Co/c2*15-14(16,17)12(10-4-2-1-3-5-10)19-20-13(21)11-6-8-18-9-7-11;/h2*1-9H,(H,20,21);/b2*19-12+;. The summed E-state index contributed by atoms with van der Waals surface area (Å²) in [5, 5.41) is 6.43. The van der Waals surface area contributed by atoms with Gasteiger partial charge in [-0.05, 0) is 24.3 Å². The van der Waals surface area contributed by atoms with Crippen LogP contribution in [0.5, 0.6) is 0 Å². The van der Waals surface area contributed by atoms with Crippen LogP contribution in [0.2, 0.25) is 0 Å². The number of carbonyl (C=O) groups is 2. The van der Waals surface area contributed by atoms with Crippen molar-refractivity contribution in [1.82, 2.24) is 20.8 Å². The van der Waals surface area contributed by atoms with Crippen LogP contribution in [-0.4, -0.2) is 45.6 Å². The number of aromatic nitrogens is 2. The van der Waals surface area contributed by atoms with Crippen LogP contribution in [0.4, 0.5) is 26.3 Å². The number of halogens is 6. The largest absolute Gasteiger partial charge is 0.435 e. The number of benzene rings is 2. The van der Waals surface area contributed by atoms with Crippen molar-refractivity contribution in [3.8, 4) is 0 Å². The van der Waals surface area contributed by atoms with Crippen molar-refractivity contribution in [2.75, 3.05) is 0 Å². The fourth-order valence-corrected chi connectivity index (χ4v) is 3.12. The maximum absolute atomic E-state index is 13.0. The molecule has 2 amide bonds. The predicted molar refractivity (Wildman–Crippen MR) is 141 cm³/mol. The summed E-state index contributed by atoms with van der Waals surface area (Å²) < 4.78 is 77.8. The van der Waals surface area contributed by atoms with E-state index in [1.807, 2.05) is 10.9 Å². The van der Waals surface area contributed by atoms with E-state index in [2.05, 4.69) is 20.2 Å². The van der Waals surface area contributed by atoms with E-state index in [9.17, 15) is 35.9 Å². The van der Waals surface area contributed by atoms with Crippen LogP contribution in [0.3, 0.4) is 0 Å². The molecule has 15 heteroatoms. The molecule has 0 aliphatic heterocycles. The molecule has 0 aliphatic carbocycles. The third kappa shape index (κ3) is 10.8. The molecule has 1 radical (unpaired) electrons. The maximum Gasteiger partial charge on any atom is 0.435 e. The number of hydrazone groups is 2. The molecule has 8 nitrogen and oxygen atoms in total. The molecule has 0 fully saturated rings. The Morgan fingerprint density at radius 2 is 0.814 bits per heavy atom. The van der Waals surface area contributed by atoms with E-state index in [4.69, 9.17) is 0 Å². The average molecular weight is 645 g/mol. The van der Waals surface area contributed by atoms with Gasteiger partial charge in [0, 0.05) is 63.8 Å². The van der Waals surface area contributed by atoms with E-state index in [0.717, 1.165) is 0 Å². The first-order chi connectivity index (χ1) is 20.0. The Hall–Kier alpha value is -4.89. The van der Waals surface area contributed by atoms with Gasteiger partial charge in [-0.3, -0.25) is 19.6 Å². The molecule has 0 spiro atoms. The van der Waals surface area contributed by atoms with Crippen molar-refractivity contribution >= 4 is 23.2 Å². The molecule has 2 heterocycles. The summed E-state index contributed by atoms with van der Waals surface area (Å²) in [5.41, 5.74) is 1.58. The smallest absolute Gasteiger partial charge is 0.267 e. The zero-order valence-corrected chi connectivity index (χ0v) is 22.6. The molecule has 4 aromatic rings. The third-order valence-corrected chi connectivity index (χ3v) is 5.05. The van der Waals surface area contributed by atoms with Crippen LogP contribution in [-0.2, 0) is 16.8 Å². The Kier molecular flexibility index (Phi) is 12.7. The zero-order chi connectivity index (χ0) is 30.6. The van der Waals surface area contributed by atoms with Crippen LogP contribution in [0.15, 0.2) is 120 Å². The van der Waals surface area contributed by atoms with E-state index >= 15 is 0 Å². The fraction of sp³-hybridized carbons (Fsp3) is 0.0714. The SMILES string of the molecule is O=C(N/N=C(\c1ccccc1)C(F)(F)F)c1ccncc1.O=C(N/N=C(\c1ccccc1)C(F)(F)F)c1ccncc1.[Co]. The summed E-state index contributed by atoms with van der Waals surface area (Å²) in [5.74, 6) is -1.48. The zero-order valence-electron chi connectivity index (χ0n) is 21.6. The number of nitrogens with one attached hydrogen (secondary N) is 2. The molecule has 2 N–H and O–H groups in total. The van der Waals surface area contributed by atoms with Gasteiger partial charge in [0.1, 0.15) is 0 Å². The number of hydrogen-bond acceptors (Lipinski definition) is 6. The second-order valence-corrected chi connectivity index (χ2v) is 8.00. The Morgan fingerprint density at radius 1 is 0.512 bits per heavy atom. The molecular formula is C28H20CoF6N6O2. The van der Waals surface area contributed by atoms with E-state index in [0.29, 0.717) is 0 Å². The minimum atomic E-state index is -4.67. The Balaban J connectivity index is 0.000000293. The molecule has 0 saturated carbocycles. The number of amides is 2. The van der Waals surface area contributed by atoms with Crippen molar-refractivity contribution < 1.29 is 52.7 Å². The quantitative estimate of drug-likeness (QED) is 0.163. The Morgan fingerprint density at radius 3 is 1.09 bits per heavy atom. The summed E-state index contributed by atoms with van der Waals surface area (Å²) >= 11 is 0. The van der Waals surface area contributed by atoms with Crippen molar-refractivity contribution in [3.05, 3.63) is 132 Å². The molecule has 43 heavy (non-hydrogen) atoms. The van der Waals surface area contributed by atoms with E-state index in [1.165, 1.54) is 97.6 Å². The molecule has 0 bridgehead atoms. The molecule has 2 aromatic carbocycles. The topological polar surface area (TPSA) is 109 Å². The first-order valence-corrected chi connectivity index (χ1v) is 11.8. The number of pyridine rings is 2. The molecule has 2 aromatic heterocycles. The van der Waals surface area contributed by atoms with Gasteiger partial charge in [0.05, 0.1) is 0 Å². The van der Waals surface area contributed by atoms with E-state index in [1.54, 1.807) is 12.1 Å². The Labute approximate surface area is 251 Å². The average Bonchev–Trinajstić information content (AvgIpc) is 2.98. The van der Waals surface area contributed by atoms with Gasteiger partial charge in [-0.2, -0.15) is 36.5 Å². The molecule has 0 unspecified atom stereocenters. The molecule has 4 rings (SSSR count). The summed E-state index contributed by atoms with van der Waals surface area (Å²) in [4.78, 5) is 30.8. The van der Waals surface area contributed by atoms with Crippen LogP contribution in [0.1, 0.15) is 31.8 Å². The van der Waals surface area contributed by atoms with Gasteiger partial charge < -0.3 is 0 Å². The minimum Gasteiger partial charge on any atom is -0.267 e. The van der Waals surface area contributed by atoms with Gasteiger partial charge in [-0.15, -0.1) is 0 Å². The van der Waals surface area contributed by atoms with Crippen molar-refractivity contribution in [2.24, 2.45) is 10.2 Å². The number of alkyl halides is 6. The van der Waals surface area contributed by atoms with E-state index < -0.39 is 35.6 Å². The van der Waals surface area contributed by atoms with Gasteiger partial charge in [0.15, 0.2) is 11.4 Å². The number of rotatable bonds is 6. The number of nitrogens with zero attached hydrogens (tertiary/aromatic N) is 4. The fourth-order valence-electron chi connectivity index (χ4n) is 3.12. The molecule has 0 saturated heterocycles. The van der Waals surface area contributed by atoms with Gasteiger partial charge in [-0.25, -0.2) is 10.9 Å². The van der Waals surface area contributed by atoms with Crippen molar-refractivity contribution in [2.45, 2.75) is 12.4 Å². The van der Waals surface area contributed by atoms with Crippen LogP contribution in [0, 0.1) is 0 Å². The van der Waals surface area contributed by atoms with Gasteiger partial charge in [0.25, 0.3) is 11.8 Å². The third-order valence-electron chi connectivity index (χ3n) is 5.05. The molecule has 0 atom stereocenters. The maximum atomic E-state index is 13.0. The monoisotopic (exact) mass is 645 g/mol. The van der Waals surface area contributed by atoms with Crippen LogP contribution in [0.25, 0.3) is 0 Å². The number of carbonyl (C=O) groups excluding carboxylic acids is 2. The van der Waals surface area contributed by atoms with Crippen molar-refractivity contribution in [3.63, 3.8) is 0 Å². The minimum absolute atomic E-state index is 0. The molecule has 0 aliphatic rings. The summed E-state index contributed by atoms with van der Waals surface area (Å²) in [6.45, 7) is 0. The summed E-state index contributed by atoms with van der Waals surface area (Å²) in [7, 11) is 0. The second-order valence-electron chi connectivity index (χ2n) is 8.00. The summed E-state index contributed by atoms with van der Waals surface area (Å²) in [6.07, 6.45) is -3.90. The van der Waals surface area contributed by atoms with Gasteiger partial charge in [-0.1, -0.05) is 60.7 Å². The first-order valence-electron chi connectivity index (χ1n) is 11.8. The van der Waals surface area contributed by atoms with Gasteiger partial charge >= 0.3 is 12.4 Å². The van der Waals surface area contributed by atoms with Gasteiger partial charge in [0.2, 0.25) is 0 Å². The molecular weight excluding hydrogens is 625 g/mol. The summed E-state index contributed by atoms with van der Waals surface area (Å²) in [6, 6.07) is 19.6. The molecule has 225 valence electrons. The Bertz CT molecular complexity index is 1400. The van der Waals surface area contributed by atoms with Crippen molar-refractivity contribution in [1.29, 1.82) is 0 Å². The van der Waals surface area contributed by atoms with E-state index in [-0.39, 0.29) is 39.0 Å². The first kappa shape index (κ1) is 34.3. The predicted octanol–water partition coefficient (Wildman–Crippen LogP) is 5.55. The number of hydrogen-bond donors (Lipinski definition) is 2.